The van der Waals surface area contributed by atoms with Crippen molar-refractivity contribution in [1.29, 1.82) is 0 Å². The highest BCUT2D eigenvalue weighted by molar-refractivity contribution is 6.42. The average molecular weight is 286 g/mol. The molecule has 0 atom stereocenters. The average Bonchev–Trinajstić information content (AvgIpc) is 2.30. The second-order valence-corrected chi connectivity index (χ2v) is 4.65. The summed E-state index contributed by atoms with van der Waals surface area (Å²) in [6, 6.07) is 7.49. The van der Waals surface area contributed by atoms with Crippen LogP contribution in [0.1, 0.15) is 5.56 Å². The van der Waals surface area contributed by atoms with Gasteiger partial charge in [0, 0.05) is 6.07 Å². The van der Waals surface area contributed by atoms with Gasteiger partial charge in [-0.25, -0.2) is 4.39 Å². The summed E-state index contributed by atoms with van der Waals surface area (Å²) in [6.45, 7) is 1.84. The van der Waals surface area contributed by atoms with Gasteiger partial charge in [0.25, 0.3) is 0 Å². The fourth-order valence-electron chi connectivity index (χ4n) is 1.44. The van der Waals surface area contributed by atoms with Gasteiger partial charge in [-0.1, -0.05) is 29.3 Å². The maximum atomic E-state index is 13.5. The zero-order valence-corrected chi connectivity index (χ0v) is 11.0. The first-order chi connectivity index (χ1) is 8.47. The maximum absolute atomic E-state index is 13.5. The van der Waals surface area contributed by atoms with Crippen molar-refractivity contribution in [2.24, 2.45) is 0 Å². The van der Waals surface area contributed by atoms with E-state index in [4.69, 9.17) is 33.7 Å². The zero-order valence-electron chi connectivity index (χ0n) is 9.51. The minimum absolute atomic E-state index is 0.0973. The second kappa shape index (κ2) is 5.04. The molecule has 94 valence electrons. The number of halogens is 3. The fourth-order valence-corrected chi connectivity index (χ4v) is 1.77. The molecule has 0 amide bonds. The molecule has 0 aliphatic carbocycles. The first kappa shape index (κ1) is 13.0. The van der Waals surface area contributed by atoms with E-state index in [9.17, 15) is 4.39 Å². The lowest BCUT2D eigenvalue weighted by molar-refractivity contribution is 0.443. The van der Waals surface area contributed by atoms with Crippen molar-refractivity contribution in [3.63, 3.8) is 0 Å². The number of hydrogen-bond acceptors (Lipinski definition) is 2. The van der Waals surface area contributed by atoms with Crippen LogP contribution in [-0.2, 0) is 0 Å². The number of nitrogen functional groups attached to an aromatic ring is 1. The topological polar surface area (TPSA) is 35.2 Å². The van der Waals surface area contributed by atoms with Gasteiger partial charge in [-0.15, -0.1) is 0 Å². The van der Waals surface area contributed by atoms with E-state index in [2.05, 4.69) is 0 Å². The summed E-state index contributed by atoms with van der Waals surface area (Å²) in [4.78, 5) is 0. The molecule has 2 nitrogen and oxygen atoms in total. The monoisotopic (exact) mass is 285 g/mol. The normalized spacial score (nSPS) is 10.4. The van der Waals surface area contributed by atoms with Gasteiger partial charge in [0.1, 0.15) is 0 Å². The molecule has 5 heteroatoms. The molecule has 0 aliphatic heterocycles. The molecular formula is C13H10Cl2FNO. The summed E-state index contributed by atoms with van der Waals surface area (Å²) in [5, 5.41) is 0.625. The summed E-state index contributed by atoms with van der Waals surface area (Å²) in [6.07, 6.45) is 0. The van der Waals surface area contributed by atoms with E-state index in [0.29, 0.717) is 15.7 Å². The smallest absolute Gasteiger partial charge is 0.165 e. The lowest BCUT2D eigenvalue weighted by Gasteiger charge is -2.11. The van der Waals surface area contributed by atoms with E-state index in [1.807, 2.05) is 6.92 Å². The molecule has 2 N–H and O–H groups in total. The second-order valence-electron chi connectivity index (χ2n) is 3.84. The quantitative estimate of drug-likeness (QED) is 0.803. The number of benzene rings is 2. The van der Waals surface area contributed by atoms with Gasteiger partial charge in [-0.05, 0) is 30.7 Å². The maximum Gasteiger partial charge on any atom is 0.165 e. The Hall–Kier alpha value is -1.45. The summed E-state index contributed by atoms with van der Waals surface area (Å²) in [5.41, 5.74) is 6.91. The number of anilines is 1. The molecule has 2 aromatic rings. The highest BCUT2D eigenvalue weighted by Gasteiger charge is 2.10. The first-order valence-corrected chi connectivity index (χ1v) is 5.91. The Kier molecular flexibility index (Phi) is 3.64. The van der Waals surface area contributed by atoms with Crippen LogP contribution >= 0.6 is 23.2 Å². The van der Waals surface area contributed by atoms with Crippen LogP contribution in [0, 0.1) is 12.7 Å². The van der Waals surface area contributed by atoms with Crippen molar-refractivity contribution < 1.29 is 9.13 Å². The standard InChI is InChI=1S/C13H10Cl2FNO/c1-7-2-3-10(16)12(4-7)18-13-6-9(15)8(14)5-11(13)17/h2-6H,17H2,1H3. The summed E-state index contributed by atoms with van der Waals surface area (Å²) >= 11 is 11.7. The van der Waals surface area contributed by atoms with Crippen molar-refractivity contribution in [2.45, 2.75) is 6.92 Å². The van der Waals surface area contributed by atoms with Crippen LogP contribution in [0.5, 0.6) is 11.5 Å². The van der Waals surface area contributed by atoms with Crippen LogP contribution in [0.25, 0.3) is 0 Å². The minimum Gasteiger partial charge on any atom is -0.452 e. The van der Waals surface area contributed by atoms with Gasteiger partial charge in [0.2, 0.25) is 0 Å². The summed E-state index contributed by atoms with van der Waals surface area (Å²) in [7, 11) is 0. The van der Waals surface area contributed by atoms with Crippen molar-refractivity contribution in [2.75, 3.05) is 5.73 Å². The minimum atomic E-state index is -0.467. The van der Waals surface area contributed by atoms with E-state index in [1.54, 1.807) is 12.1 Å². The van der Waals surface area contributed by atoms with E-state index >= 15 is 0 Å². The van der Waals surface area contributed by atoms with Gasteiger partial charge in [-0.3, -0.25) is 0 Å². The third kappa shape index (κ3) is 2.68. The molecule has 0 saturated carbocycles. The van der Waals surface area contributed by atoms with Gasteiger partial charge in [-0.2, -0.15) is 0 Å². The number of ether oxygens (including phenoxy) is 1. The molecule has 0 spiro atoms. The SMILES string of the molecule is Cc1ccc(F)c(Oc2cc(Cl)c(Cl)cc2N)c1. The molecule has 2 rings (SSSR count). The Labute approximate surface area is 114 Å². The molecule has 0 aliphatic rings. The Morgan fingerprint density at radius 1 is 1.06 bits per heavy atom. The number of rotatable bonds is 2. The predicted octanol–water partition coefficient (Wildman–Crippen LogP) is 4.82. The molecule has 2 aromatic carbocycles. The molecule has 0 unspecified atom stereocenters. The molecule has 0 fully saturated rings. The molecule has 0 bridgehead atoms. The van der Waals surface area contributed by atoms with Gasteiger partial charge in [0.15, 0.2) is 17.3 Å². The third-order valence-corrected chi connectivity index (χ3v) is 3.08. The van der Waals surface area contributed by atoms with Gasteiger partial charge < -0.3 is 10.5 Å². The summed E-state index contributed by atoms with van der Waals surface area (Å²) < 4.78 is 19.0. The van der Waals surface area contributed by atoms with Crippen molar-refractivity contribution in [1.82, 2.24) is 0 Å². The lowest BCUT2D eigenvalue weighted by Crippen LogP contribution is -1.94. The van der Waals surface area contributed by atoms with Crippen LogP contribution in [0.4, 0.5) is 10.1 Å². The van der Waals surface area contributed by atoms with Crippen LogP contribution in [0.2, 0.25) is 10.0 Å². The third-order valence-electron chi connectivity index (χ3n) is 2.36. The number of hydrogen-bond donors (Lipinski definition) is 1. The van der Waals surface area contributed by atoms with Crippen LogP contribution in [0.15, 0.2) is 30.3 Å². The van der Waals surface area contributed by atoms with E-state index in [1.165, 1.54) is 18.2 Å². The number of nitrogens with two attached hydrogens (primary N) is 1. The predicted molar refractivity (Wildman–Crippen MR) is 72.1 cm³/mol. The zero-order chi connectivity index (χ0) is 13.3. The van der Waals surface area contributed by atoms with E-state index in [0.717, 1.165) is 5.56 Å². The van der Waals surface area contributed by atoms with Crippen LogP contribution in [-0.4, -0.2) is 0 Å². The number of aryl methyl sites for hydroxylation is 1. The molecule has 18 heavy (non-hydrogen) atoms. The molecule has 0 saturated heterocycles. The Morgan fingerprint density at radius 3 is 2.44 bits per heavy atom. The Morgan fingerprint density at radius 2 is 1.72 bits per heavy atom. The van der Waals surface area contributed by atoms with E-state index < -0.39 is 5.82 Å². The van der Waals surface area contributed by atoms with Crippen molar-refractivity contribution >= 4 is 28.9 Å². The molecular weight excluding hydrogens is 276 g/mol. The fraction of sp³-hybridized carbons (Fsp3) is 0.0769. The molecule has 0 radical (unpaired) electrons. The van der Waals surface area contributed by atoms with Crippen LogP contribution in [0.3, 0.4) is 0 Å². The lowest BCUT2D eigenvalue weighted by atomic mass is 10.2. The highest BCUT2D eigenvalue weighted by atomic mass is 35.5. The Balaban J connectivity index is 2.40. The van der Waals surface area contributed by atoms with Crippen molar-refractivity contribution in [3.05, 3.63) is 51.8 Å². The van der Waals surface area contributed by atoms with Gasteiger partial charge >= 0.3 is 0 Å². The van der Waals surface area contributed by atoms with Gasteiger partial charge in [0.05, 0.1) is 15.7 Å². The van der Waals surface area contributed by atoms with Crippen LogP contribution < -0.4 is 10.5 Å². The van der Waals surface area contributed by atoms with Crippen molar-refractivity contribution in [3.8, 4) is 11.5 Å². The molecule has 0 heterocycles. The molecule has 0 aromatic heterocycles. The Bertz CT molecular complexity index is 602. The first-order valence-electron chi connectivity index (χ1n) is 5.16. The summed E-state index contributed by atoms with van der Waals surface area (Å²) in [5.74, 6) is -0.0972. The largest absolute Gasteiger partial charge is 0.452 e. The van der Waals surface area contributed by atoms with E-state index in [-0.39, 0.29) is 11.5 Å². The highest BCUT2D eigenvalue weighted by Crippen LogP contribution is 2.35.